The lowest BCUT2D eigenvalue weighted by atomic mass is 10.1. The number of nitrogens with one attached hydrogen (secondary N) is 1. The molecule has 9 heteroatoms. The summed E-state index contributed by atoms with van der Waals surface area (Å²) in [5.41, 5.74) is 4.83. The number of ether oxygens (including phenoxy) is 1. The van der Waals surface area contributed by atoms with Crippen molar-refractivity contribution in [3.05, 3.63) is 51.7 Å². The number of halogens is 1. The van der Waals surface area contributed by atoms with Crippen LogP contribution in [0.25, 0.3) is 11.3 Å². The highest BCUT2D eigenvalue weighted by Gasteiger charge is 2.24. The quantitative estimate of drug-likeness (QED) is 0.381. The van der Waals surface area contributed by atoms with Crippen LogP contribution in [0.1, 0.15) is 28.7 Å². The average molecular weight is 391 g/mol. The molecule has 3 rings (SSSR count). The Kier molecular flexibility index (Phi) is 5.65. The van der Waals surface area contributed by atoms with Crippen LogP contribution in [-0.4, -0.2) is 28.9 Å². The molecule has 2 aromatic heterocycles. The van der Waals surface area contributed by atoms with E-state index in [4.69, 9.17) is 20.9 Å². The SMILES string of the molecule is CCOC(=O)c1noc(C)c1-c1csc(N/N=C/c2ccccc2Cl)n1. The van der Waals surface area contributed by atoms with Gasteiger partial charge >= 0.3 is 5.97 Å². The zero-order chi connectivity index (χ0) is 18.5. The second-order valence-corrected chi connectivity index (χ2v) is 6.38. The maximum Gasteiger partial charge on any atom is 0.361 e. The third-order valence-corrected chi connectivity index (χ3v) is 4.45. The molecule has 134 valence electrons. The molecule has 7 nitrogen and oxygen atoms in total. The van der Waals surface area contributed by atoms with Crippen LogP contribution in [0.3, 0.4) is 0 Å². The molecule has 2 heterocycles. The highest BCUT2D eigenvalue weighted by Crippen LogP contribution is 2.30. The molecular formula is C17H15ClN4O3S. The van der Waals surface area contributed by atoms with Crippen LogP contribution >= 0.6 is 22.9 Å². The molecule has 0 saturated heterocycles. The molecule has 0 bridgehead atoms. The number of thiazole rings is 1. The Morgan fingerprint density at radius 3 is 3.04 bits per heavy atom. The normalized spacial score (nSPS) is 11.0. The molecule has 0 aliphatic rings. The number of anilines is 1. The van der Waals surface area contributed by atoms with Gasteiger partial charge in [-0.15, -0.1) is 11.3 Å². The van der Waals surface area contributed by atoms with E-state index in [1.165, 1.54) is 11.3 Å². The minimum Gasteiger partial charge on any atom is -0.461 e. The zero-order valence-electron chi connectivity index (χ0n) is 14.0. The lowest BCUT2D eigenvalue weighted by molar-refractivity contribution is 0.0515. The van der Waals surface area contributed by atoms with E-state index in [1.54, 1.807) is 31.5 Å². The molecule has 1 aromatic carbocycles. The third kappa shape index (κ3) is 3.92. The van der Waals surface area contributed by atoms with Crippen molar-refractivity contribution in [2.75, 3.05) is 12.0 Å². The highest BCUT2D eigenvalue weighted by atomic mass is 35.5. The second kappa shape index (κ2) is 8.11. The number of hydrazone groups is 1. The van der Waals surface area contributed by atoms with Crippen molar-refractivity contribution in [1.29, 1.82) is 0 Å². The van der Waals surface area contributed by atoms with Gasteiger partial charge in [0.1, 0.15) is 5.76 Å². The van der Waals surface area contributed by atoms with Gasteiger partial charge in [-0.1, -0.05) is 35.0 Å². The van der Waals surface area contributed by atoms with E-state index in [2.05, 4.69) is 20.7 Å². The van der Waals surface area contributed by atoms with Crippen molar-refractivity contribution >= 4 is 40.3 Å². The van der Waals surface area contributed by atoms with Gasteiger partial charge < -0.3 is 9.26 Å². The van der Waals surface area contributed by atoms with Crippen molar-refractivity contribution in [2.24, 2.45) is 5.10 Å². The largest absolute Gasteiger partial charge is 0.461 e. The van der Waals surface area contributed by atoms with Crippen molar-refractivity contribution in [3.8, 4) is 11.3 Å². The summed E-state index contributed by atoms with van der Waals surface area (Å²) in [5.74, 6) is -0.0527. The predicted molar refractivity (Wildman–Crippen MR) is 101 cm³/mol. The Morgan fingerprint density at radius 2 is 2.27 bits per heavy atom. The standard InChI is InChI=1S/C17H15ClN4O3S/c1-3-24-16(23)15-14(10(2)25-22-15)13-9-26-17(20-13)21-19-8-11-6-4-5-7-12(11)18/h4-9H,3H2,1-2H3,(H,20,21)/b19-8+. The van der Waals surface area contributed by atoms with E-state index in [1.807, 2.05) is 18.2 Å². The summed E-state index contributed by atoms with van der Waals surface area (Å²) in [4.78, 5) is 16.4. The van der Waals surface area contributed by atoms with Gasteiger partial charge in [0.15, 0.2) is 0 Å². The number of aryl methyl sites for hydroxylation is 1. The number of hydrogen-bond donors (Lipinski definition) is 1. The molecule has 0 radical (unpaired) electrons. The zero-order valence-corrected chi connectivity index (χ0v) is 15.6. The number of carbonyl (C=O) groups excluding carboxylic acids is 1. The van der Waals surface area contributed by atoms with Gasteiger partial charge in [-0.2, -0.15) is 5.10 Å². The van der Waals surface area contributed by atoms with E-state index in [0.717, 1.165) is 5.56 Å². The van der Waals surface area contributed by atoms with Crippen LogP contribution in [0.2, 0.25) is 5.02 Å². The average Bonchev–Trinajstić information content (AvgIpc) is 3.23. The van der Waals surface area contributed by atoms with Gasteiger partial charge in [0.25, 0.3) is 0 Å². The summed E-state index contributed by atoms with van der Waals surface area (Å²) in [7, 11) is 0. The fourth-order valence-electron chi connectivity index (χ4n) is 2.19. The summed E-state index contributed by atoms with van der Waals surface area (Å²) in [5, 5.41) is 10.9. The Hall–Kier alpha value is -2.71. The molecule has 0 unspecified atom stereocenters. The third-order valence-electron chi connectivity index (χ3n) is 3.36. The first-order valence-electron chi connectivity index (χ1n) is 7.73. The molecule has 0 amide bonds. The van der Waals surface area contributed by atoms with Crippen molar-refractivity contribution in [1.82, 2.24) is 10.1 Å². The first kappa shape index (κ1) is 18.1. The summed E-state index contributed by atoms with van der Waals surface area (Å²) in [6.45, 7) is 3.70. The minimum atomic E-state index is -0.543. The topological polar surface area (TPSA) is 89.6 Å². The Labute approximate surface area is 158 Å². The number of nitrogens with zero attached hydrogens (tertiary/aromatic N) is 3. The van der Waals surface area contributed by atoms with Gasteiger partial charge in [-0.05, 0) is 19.9 Å². The fourth-order valence-corrected chi connectivity index (χ4v) is 3.02. The fraction of sp³-hybridized carbons (Fsp3) is 0.176. The van der Waals surface area contributed by atoms with Crippen LogP contribution in [0, 0.1) is 6.92 Å². The van der Waals surface area contributed by atoms with E-state index >= 15 is 0 Å². The number of benzene rings is 1. The lowest BCUT2D eigenvalue weighted by Crippen LogP contribution is -2.06. The van der Waals surface area contributed by atoms with Gasteiger partial charge in [-0.25, -0.2) is 9.78 Å². The van der Waals surface area contributed by atoms with E-state index in [0.29, 0.717) is 27.2 Å². The van der Waals surface area contributed by atoms with Crippen LogP contribution in [0.4, 0.5) is 5.13 Å². The number of esters is 1. The summed E-state index contributed by atoms with van der Waals surface area (Å²) in [6, 6.07) is 7.37. The number of hydrogen-bond acceptors (Lipinski definition) is 8. The van der Waals surface area contributed by atoms with Crippen LogP contribution in [0.15, 0.2) is 39.3 Å². The molecule has 0 aliphatic carbocycles. The maximum absolute atomic E-state index is 12.0. The molecular weight excluding hydrogens is 376 g/mol. The smallest absolute Gasteiger partial charge is 0.361 e. The van der Waals surface area contributed by atoms with Gasteiger partial charge in [0.05, 0.1) is 24.1 Å². The van der Waals surface area contributed by atoms with Crippen molar-refractivity contribution < 1.29 is 14.1 Å². The summed E-state index contributed by atoms with van der Waals surface area (Å²) < 4.78 is 10.1. The van der Waals surface area contributed by atoms with Crippen LogP contribution < -0.4 is 5.43 Å². The molecule has 0 saturated carbocycles. The number of aromatic nitrogens is 2. The second-order valence-electron chi connectivity index (χ2n) is 5.11. The van der Waals surface area contributed by atoms with Crippen molar-refractivity contribution in [3.63, 3.8) is 0 Å². The maximum atomic E-state index is 12.0. The monoisotopic (exact) mass is 390 g/mol. The molecule has 1 N–H and O–H groups in total. The Morgan fingerprint density at radius 1 is 1.46 bits per heavy atom. The first-order valence-corrected chi connectivity index (χ1v) is 8.98. The van der Waals surface area contributed by atoms with E-state index in [9.17, 15) is 4.79 Å². The highest BCUT2D eigenvalue weighted by molar-refractivity contribution is 7.14. The minimum absolute atomic E-state index is 0.112. The Balaban J connectivity index is 1.78. The van der Waals surface area contributed by atoms with Crippen LogP contribution in [0.5, 0.6) is 0 Å². The van der Waals surface area contributed by atoms with Crippen LogP contribution in [-0.2, 0) is 4.74 Å². The van der Waals surface area contributed by atoms with Gasteiger partial charge in [-0.3, -0.25) is 5.43 Å². The lowest BCUT2D eigenvalue weighted by Gasteiger charge is -1.99. The first-order chi connectivity index (χ1) is 12.6. The molecule has 0 spiro atoms. The van der Waals surface area contributed by atoms with Crippen molar-refractivity contribution in [2.45, 2.75) is 13.8 Å². The summed E-state index contributed by atoms with van der Waals surface area (Å²) in [6.07, 6.45) is 1.61. The summed E-state index contributed by atoms with van der Waals surface area (Å²) >= 11 is 7.41. The molecule has 0 fully saturated rings. The number of carbonyl (C=O) groups is 1. The molecule has 0 aliphatic heterocycles. The Bertz CT molecular complexity index is 951. The molecule has 26 heavy (non-hydrogen) atoms. The molecule has 3 aromatic rings. The molecule has 0 atom stereocenters. The van der Waals surface area contributed by atoms with E-state index < -0.39 is 5.97 Å². The van der Waals surface area contributed by atoms with Gasteiger partial charge in [0.2, 0.25) is 10.8 Å². The predicted octanol–water partition coefficient (Wildman–Crippen LogP) is 4.38. The van der Waals surface area contributed by atoms with E-state index in [-0.39, 0.29) is 12.3 Å². The van der Waals surface area contributed by atoms with Gasteiger partial charge in [0, 0.05) is 16.0 Å². The number of rotatable bonds is 6.